The summed E-state index contributed by atoms with van der Waals surface area (Å²) < 4.78 is 28.3. The number of benzene rings is 1. The fraction of sp³-hybridized carbons (Fsp3) is 0.133. The molecule has 2 aromatic heterocycles. The van der Waals surface area contributed by atoms with Crippen molar-refractivity contribution in [3.8, 4) is 0 Å². The average Bonchev–Trinajstić information content (AvgIpc) is 2.81. The topological polar surface area (TPSA) is 29.3 Å². The van der Waals surface area contributed by atoms with Gasteiger partial charge in [0, 0.05) is 17.6 Å². The molecule has 0 spiro atoms. The van der Waals surface area contributed by atoms with Crippen molar-refractivity contribution in [2.75, 3.05) is 7.05 Å². The van der Waals surface area contributed by atoms with E-state index in [1.165, 1.54) is 17.8 Å². The molecule has 0 aliphatic carbocycles. The van der Waals surface area contributed by atoms with Gasteiger partial charge in [0.25, 0.3) is 0 Å². The van der Waals surface area contributed by atoms with Crippen molar-refractivity contribution in [2.45, 2.75) is 16.5 Å². The van der Waals surface area contributed by atoms with E-state index in [0.717, 1.165) is 22.4 Å². The van der Waals surface area contributed by atoms with Gasteiger partial charge in [-0.1, -0.05) is 17.8 Å². The van der Waals surface area contributed by atoms with E-state index in [-0.39, 0.29) is 0 Å². The minimum Gasteiger partial charge on any atom is -0.314 e. The lowest BCUT2D eigenvalue weighted by molar-refractivity contribution is 0.506. The first-order chi connectivity index (χ1) is 10.2. The standard InChI is InChI=1S/C15H13F2N3S/c1-18-9-13-15(19-14-4-2-3-7-20(13)14)21-10-5-6-11(16)12(17)8-10/h2-8,18H,9H2,1H3. The zero-order valence-corrected chi connectivity index (χ0v) is 12.1. The van der Waals surface area contributed by atoms with Gasteiger partial charge in [0.1, 0.15) is 10.7 Å². The van der Waals surface area contributed by atoms with Crippen LogP contribution in [0.2, 0.25) is 0 Å². The molecule has 0 aliphatic rings. The Morgan fingerprint density at radius 2 is 2.05 bits per heavy atom. The molecule has 1 aromatic carbocycles. The van der Waals surface area contributed by atoms with Gasteiger partial charge in [-0.15, -0.1) is 0 Å². The Morgan fingerprint density at radius 3 is 2.81 bits per heavy atom. The minimum atomic E-state index is -0.848. The summed E-state index contributed by atoms with van der Waals surface area (Å²) in [6.45, 7) is 0.636. The van der Waals surface area contributed by atoms with Crippen LogP contribution >= 0.6 is 11.8 Å². The smallest absolute Gasteiger partial charge is 0.159 e. The Hall–Kier alpha value is -1.92. The third kappa shape index (κ3) is 2.77. The first-order valence-electron chi connectivity index (χ1n) is 6.42. The molecule has 0 amide bonds. The normalized spacial score (nSPS) is 11.2. The fourth-order valence-corrected chi connectivity index (χ4v) is 3.04. The van der Waals surface area contributed by atoms with Crippen molar-refractivity contribution in [1.29, 1.82) is 0 Å². The number of halogens is 2. The van der Waals surface area contributed by atoms with Gasteiger partial charge < -0.3 is 9.72 Å². The van der Waals surface area contributed by atoms with Gasteiger partial charge in [0.2, 0.25) is 0 Å². The number of nitrogens with zero attached hydrogens (tertiary/aromatic N) is 2. The predicted molar refractivity (Wildman–Crippen MR) is 78.4 cm³/mol. The number of hydrogen-bond acceptors (Lipinski definition) is 3. The molecule has 0 fully saturated rings. The zero-order chi connectivity index (χ0) is 14.8. The number of hydrogen-bond donors (Lipinski definition) is 1. The second kappa shape index (κ2) is 5.83. The molecule has 0 saturated carbocycles. The Labute approximate surface area is 125 Å². The highest BCUT2D eigenvalue weighted by Gasteiger charge is 2.13. The van der Waals surface area contributed by atoms with Gasteiger partial charge in [0.15, 0.2) is 11.6 Å². The highest BCUT2D eigenvalue weighted by molar-refractivity contribution is 7.99. The maximum atomic E-state index is 13.3. The van der Waals surface area contributed by atoms with Gasteiger partial charge in [-0.3, -0.25) is 0 Å². The molecular formula is C15H13F2N3S. The lowest BCUT2D eigenvalue weighted by Gasteiger charge is -2.04. The number of pyridine rings is 1. The van der Waals surface area contributed by atoms with Crippen molar-refractivity contribution >= 4 is 17.4 Å². The molecule has 3 nitrogen and oxygen atoms in total. The molecular weight excluding hydrogens is 292 g/mol. The second-order valence-electron chi connectivity index (χ2n) is 4.50. The van der Waals surface area contributed by atoms with E-state index in [0.29, 0.717) is 11.4 Å². The summed E-state index contributed by atoms with van der Waals surface area (Å²) in [4.78, 5) is 5.17. The number of rotatable bonds is 4. The van der Waals surface area contributed by atoms with Crippen LogP contribution in [0.25, 0.3) is 5.65 Å². The van der Waals surface area contributed by atoms with Crippen LogP contribution in [0.4, 0.5) is 8.78 Å². The molecule has 0 unspecified atom stereocenters. The van der Waals surface area contributed by atoms with Crippen molar-refractivity contribution in [2.24, 2.45) is 0 Å². The van der Waals surface area contributed by atoms with E-state index >= 15 is 0 Å². The summed E-state index contributed by atoms with van der Waals surface area (Å²) in [5.41, 5.74) is 1.82. The summed E-state index contributed by atoms with van der Waals surface area (Å²) in [6, 6.07) is 9.63. The minimum absolute atomic E-state index is 0.620. The van der Waals surface area contributed by atoms with Crippen LogP contribution in [0.1, 0.15) is 5.69 Å². The average molecular weight is 305 g/mol. The monoisotopic (exact) mass is 305 g/mol. The first-order valence-corrected chi connectivity index (χ1v) is 7.24. The number of nitrogens with one attached hydrogen (secondary N) is 1. The molecule has 2 heterocycles. The molecule has 21 heavy (non-hydrogen) atoms. The third-order valence-electron chi connectivity index (χ3n) is 3.04. The number of fused-ring (bicyclic) bond motifs is 1. The van der Waals surface area contributed by atoms with Gasteiger partial charge in [-0.25, -0.2) is 13.8 Å². The van der Waals surface area contributed by atoms with Gasteiger partial charge >= 0.3 is 0 Å². The maximum absolute atomic E-state index is 13.3. The molecule has 6 heteroatoms. The van der Waals surface area contributed by atoms with E-state index in [1.54, 1.807) is 6.07 Å². The Balaban J connectivity index is 2.02. The van der Waals surface area contributed by atoms with Gasteiger partial charge in [0.05, 0.1) is 5.69 Å². The first kappa shape index (κ1) is 14.0. The molecule has 3 rings (SSSR count). The summed E-state index contributed by atoms with van der Waals surface area (Å²) in [5.74, 6) is -1.69. The highest BCUT2D eigenvalue weighted by atomic mass is 32.2. The van der Waals surface area contributed by atoms with Crippen LogP contribution in [0.3, 0.4) is 0 Å². The van der Waals surface area contributed by atoms with Crippen LogP contribution < -0.4 is 5.32 Å². The van der Waals surface area contributed by atoms with Crippen LogP contribution in [0.15, 0.2) is 52.5 Å². The van der Waals surface area contributed by atoms with E-state index in [2.05, 4.69) is 10.3 Å². The van der Waals surface area contributed by atoms with E-state index in [4.69, 9.17) is 0 Å². The lowest BCUT2D eigenvalue weighted by atomic mass is 10.3. The largest absolute Gasteiger partial charge is 0.314 e. The van der Waals surface area contributed by atoms with Crippen molar-refractivity contribution < 1.29 is 8.78 Å². The van der Waals surface area contributed by atoms with E-state index < -0.39 is 11.6 Å². The summed E-state index contributed by atoms with van der Waals surface area (Å²) in [5, 5.41) is 3.88. The summed E-state index contributed by atoms with van der Waals surface area (Å²) >= 11 is 1.32. The predicted octanol–water partition coefficient (Wildman–Crippen LogP) is 3.48. The molecule has 0 bridgehead atoms. The van der Waals surface area contributed by atoms with Crippen molar-refractivity contribution in [1.82, 2.24) is 14.7 Å². The van der Waals surface area contributed by atoms with E-state index in [9.17, 15) is 8.78 Å². The fourth-order valence-electron chi connectivity index (χ4n) is 2.09. The summed E-state index contributed by atoms with van der Waals surface area (Å²) in [7, 11) is 1.86. The Kier molecular flexibility index (Phi) is 3.90. The van der Waals surface area contributed by atoms with Gasteiger partial charge in [-0.2, -0.15) is 0 Å². The molecule has 0 atom stereocenters. The highest BCUT2D eigenvalue weighted by Crippen LogP contribution is 2.31. The van der Waals surface area contributed by atoms with Crippen LogP contribution in [0, 0.1) is 11.6 Å². The SMILES string of the molecule is CNCc1c(Sc2ccc(F)c(F)c2)nc2ccccn12. The lowest BCUT2D eigenvalue weighted by Crippen LogP contribution is -2.08. The Morgan fingerprint density at radius 1 is 1.19 bits per heavy atom. The molecule has 108 valence electrons. The Bertz CT molecular complexity index is 786. The third-order valence-corrected chi connectivity index (χ3v) is 4.05. The quantitative estimate of drug-likeness (QED) is 0.800. The molecule has 1 N–H and O–H groups in total. The molecule has 3 aromatic rings. The van der Waals surface area contributed by atoms with Crippen LogP contribution in [0.5, 0.6) is 0 Å². The molecule has 0 aliphatic heterocycles. The zero-order valence-electron chi connectivity index (χ0n) is 11.3. The molecule has 0 radical (unpaired) electrons. The van der Waals surface area contributed by atoms with Crippen molar-refractivity contribution in [3.05, 3.63) is 59.9 Å². The molecule has 0 saturated heterocycles. The maximum Gasteiger partial charge on any atom is 0.159 e. The number of imidazole rings is 1. The van der Waals surface area contributed by atoms with Gasteiger partial charge in [-0.05, 0) is 37.4 Å². The number of aromatic nitrogens is 2. The second-order valence-corrected chi connectivity index (χ2v) is 5.56. The van der Waals surface area contributed by atoms with Crippen LogP contribution in [-0.2, 0) is 6.54 Å². The summed E-state index contributed by atoms with van der Waals surface area (Å²) in [6.07, 6.45) is 1.93. The van der Waals surface area contributed by atoms with Crippen LogP contribution in [-0.4, -0.2) is 16.4 Å². The van der Waals surface area contributed by atoms with E-state index in [1.807, 2.05) is 35.8 Å². The van der Waals surface area contributed by atoms with Crippen molar-refractivity contribution in [3.63, 3.8) is 0 Å².